The minimum absolute atomic E-state index is 1.77. The molecule has 0 aromatic rings. The van der Waals surface area contributed by atoms with Gasteiger partial charge in [0.2, 0.25) is 0 Å². The monoisotopic (exact) mass is 126 g/mol. The molecule has 0 aromatic heterocycles. The number of hydrogen-bond acceptors (Lipinski definition) is 0. The highest BCUT2D eigenvalue weighted by atomic mass is 13.7. The lowest BCUT2D eigenvalue weighted by Crippen LogP contribution is -1.52. The zero-order valence-electron chi connectivity index (χ0n) is 5.46. The van der Waals surface area contributed by atoms with Gasteiger partial charge in [0.25, 0.3) is 0 Å². The van der Waals surface area contributed by atoms with Crippen molar-refractivity contribution in [1.82, 2.24) is 0 Å². The van der Waals surface area contributed by atoms with Gasteiger partial charge in [-0.1, -0.05) is 23.3 Å². The van der Waals surface area contributed by atoms with E-state index in [9.17, 15) is 0 Å². The molecule has 1 rings (SSSR count). The van der Waals surface area contributed by atoms with E-state index in [0.29, 0.717) is 0 Å². The van der Waals surface area contributed by atoms with Gasteiger partial charge in [0.1, 0.15) is 0 Å². The summed E-state index contributed by atoms with van der Waals surface area (Å²) in [6, 6.07) is 0. The van der Waals surface area contributed by atoms with E-state index in [1.165, 1.54) is 0 Å². The Morgan fingerprint density at radius 2 is 1.20 bits per heavy atom. The number of allylic oxidation sites excluding steroid dienone is 6. The molecule has 0 spiro atoms. The molecule has 0 radical (unpaired) electrons. The second kappa shape index (κ2) is 4.24. The van der Waals surface area contributed by atoms with Crippen molar-refractivity contribution in [3.05, 3.63) is 47.9 Å². The molecule has 46 valence electrons. The second-order valence-electron chi connectivity index (χ2n) is 1.63. The summed E-state index contributed by atoms with van der Waals surface area (Å²) in [7, 11) is 0. The summed E-state index contributed by atoms with van der Waals surface area (Å²) in [6.45, 7) is 0. The van der Waals surface area contributed by atoms with E-state index in [1.807, 2.05) is 12.2 Å². The van der Waals surface area contributed by atoms with Crippen molar-refractivity contribution in [2.75, 3.05) is 0 Å². The highest BCUT2D eigenvalue weighted by Gasteiger charge is 1.60. The lowest BCUT2D eigenvalue weighted by molar-refractivity contribution is 1.93. The Kier molecular flexibility index (Phi) is 2.74. The average Bonchev–Trinajstić information content (AvgIpc) is 2.01. The van der Waals surface area contributed by atoms with Crippen LogP contribution in [0.2, 0.25) is 0 Å². The Labute approximate surface area is 60.6 Å². The normalized spacial score (nSPS) is 19.2. The molecular weight excluding hydrogens is 120 g/mol. The Hall–Kier alpha value is -1.66. The minimum atomic E-state index is 1.77. The highest BCUT2D eigenvalue weighted by molar-refractivity contribution is 5.28. The summed E-state index contributed by atoms with van der Waals surface area (Å²) in [5, 5.41) is 0. The van der Waals surface area contributed by atoms with Gasteiger partial charge >= 0.3 is 0 Å². The first kappa shape index (κ1) is 6.46. The molecule has 0 atom stereocenters. The molecule has 0 nitrogen and oxygen atoms in total. The van der Waals surface area contributed by atoms with Crippen LogP contribution in [0.5, 0.6) is 0 Å². The summed E-state index contributed by atoms with van der Waals surface area (Å²) in [5.74, 6) is 5.64. The molecule has 1 aliphatic rings. The molecule has 0 heteroatoms. The molecule has 1 aliphatic carbocycles. The molecule has 10 heavy (non-hydrogen) atoms. The van der Waals surface area contributed by atoms with E-state index in [-0.39, 0.29) is 0 Å². The maximum atomic E-state index is 2.82. The first-order valence-electron chi connectivity index (χ1n) is 2.99. The second-order valence-corrected chi connectivity index (χ2v) is 1.63. The topological polar surface area (TPSA) is 0 Å². The number of rotatable bonds is 0. The van der Waals surface area contributed by atoms with Crippen molar-refractivity contribution < 1.29 is 0 Å². The number of hydrogen-bond donors (Lipinski definition) is 0. The van der Waals surface area contributed by atoms with E-state index in [2.05, 4.69) is 23.3 Å². The van der Waals surface area contributed by atoms with Gasteiger partial charge in [-0.15, -0.1) is 0 Å². The van der Waals surface area contributed by atoms with Gasteiger partial charge < -0.3 is 0 Å². The molecular formula is C10H6. The molecule has 0 unspecified atom stereocenters. The molecule has 0 saturated carbocycles. The van der Waals surface area contributed by atoms with E-state index in [4.69, 9.17) is 0 Å². The third-order valence-electron chi connectivity index (χ3n) is 0.885. The summed E-state index contributed by atoms with van der Waals surface area (Å²) >= 11 is 0. The van der Waals surface area contributed by atoms with Crippen LogP contribution in [0.3, 0.4) is 0 Å². The Balaban J connectivity index is 2.97. The van der Waals surface area contributed by atoms with Gasteiger partial charge in [0, 0.05) is 0 Å². The van der Waals surface area contributed by atoms with Crippen molar-refractivity contribution in [2.24, 2.45) is 0 Å². The van der Waals surface area contributed by atoms with Crippen LogP contribution in [0.25, 0.3) is 0 Å². The standard InChI is InChI=1S/C10H6/c1-2-4-6-8-10-9-7-5-3-1/h1-3,8-10H/b2-1-,3-1?,10-8-,10-9?. The Bertz CT molecular complexity index is 274. The summed E-state index contributed by atoms with van der Waals surface area (Å²) in [4.78, 5) is 0. The zero-order chi connectivity index (χ0) is 7.07. The van der Waals surface area contributed by atoms with Crippen LogP contribution in [0.4, 0.5) is 0 Å². The SMILES string of the molecule is C1=C=C/C=C\C#C/C=C\C=1. The van der Waals surface area contributed by atoms with Crippen molar-refractivity contribution in [2.45, 2.75) is 0 Å². The maximum Gasteiger partial charge on any atom is -0.0109 e. The third-order valence-corrected chi connectivity index (χ3v) is 0.885. The van der Waals surface area contributed by atoms with Crippen LogP contribution in [-0.2, 0) is 0 Å². The molecule has 0 aromatic carbocycles. The van der Waals surface area contributed by atoms with E-state index < -0.39 is 0 Å². The fourth-order valence-corrected chi connectivity index (χ4v) is 0.481. The zero-order valence-corrected chi connectivity index (χ0v) is 5.46. The fraction of sp³-hybridized carbons (Fsp3) is 0. The fourth-order valence-electron chi connectivity index (χ4n) is 0.481. The summed E-state index contributed by atoms with van der Waals surface area (Å²) in [6.07, 6.45) is 10.7. The van der Waals surface area contributed by atoms with E-state index in [1.54, 1.807) is 24.3 Å². The molecule has 0 bridgehead atoms. The predicted molar refractivity (Wildman–Crippen MR) is 42.2 cm³/mol. The largest absolute Gasteiger partial charge is 0.0702 e. The van der Waals surface area contributed by atoms with E-state index in [0.717, 1.165) is 0 Å². The summed E-state index contributed by atoms with van der Waals surface area (Å²) in [5.41, 5.74) is 5.64. The molecule has 0 aliphatic heterocycles. The van der Waals surface area contributed by atoms with Crippen LogP contribution in [-0.4, -0.2) is 0 Å². The van der Waals surface area contributed by atoms with E-state index >= 15 is 0 Å². The van der Waals surface area contributed by atoms with Crippen molar-refractivity contribution in [1.29, 1.82) is 0 Å². The van der Waals surface area contributed by atoms with Crippen LogP contribution >= 0.6 is 0 Å². The lowest BCUT2D eigenvalue weighted by atomic mass is 10.4. The van der Waals surface area contributed by atoms with Crippen LogP contribution in [0.15, 0.2) is 47.9 Å². The first-order valence-corrected chi connectivity index (χ1v) is 2.99. The quantitative estimate of drug-likeness (QED) is 0.344. The van der Waals surface area contributed by atoms with Crippen LogP contribution in [0.1, 0.15) is 0 Å². The van der Waals surface area contributed by atoms with Crippen molar-refractivity contribution >= 4 is 0 Å². The van der Waals surface area contributed by atoms with Gasteiger partial charge in [-0.05, 0) is 36.5 Å². The van der Waals surface area contributed by atoms with Gasteiger partial charge in [-0.2, -0.15) is 0 Å². The molecule has 0 fully saturated rings. The average molecular weight is 126 g/mol. The third kappa shape index (κ3) is 2.60. The first-order chi connectivity index (χ1) is 5.00. The van der Waals surface area contributed by atoms with Crippen LogP contribution < -0.4 is 0 Å². The Morgan fingerprint density at radius 3 is 1.70 bits per heavy atom. The van der Waals surface area contributed by atoms with Gasteiger partial charge in [0.05, 0.1) is 0 Å². The summed E-state index contributed by atoms with van der Waals surface area (Å²) < 4.78 is 0. The highest BCUT2D eigenvalue weighted by Crippen LogP contribution is 1.77. The lowest BCUT2D eigenvalue weighted by Gasteiger charge is -1.67. The van der Waals surface area contributed by atoms with Crippen LogP contribution in [0, 0.1) is 11.8 Å². The van der Waals surface area contributed by atoms with Crippen molar-refractivity contribution in [3.8, 4) is 11.8 Å². The van der Waals surface area contributed by atoms with Gasteiger partial charge in [-0.3, -0.25) is 0 Å². The van der Waals surface area contributed by atoms with Crippen molar-refractivity contribution in [3.63, 3.8) is 0 Å². The molecule has 0 amide bonds. The molecule has 0 heterocycles. The molecule has 0 saturated heterocycles. The minimum Gasteiger partial charge on any atom is -0.0702 e. The van der Waals surface area contributed by atoms with Gasteiger partial charge in [0.15, 0.2) is 0 Å². The van der Waals surface area contributed by atoms with Gasteiger partial charge in [-0.25, -0.2) is 0 Å². The molecule has 0 N–H and O–H groups in total. The maximum absolute atomic E-state index is 2.82. The predicted octanol–water partition coefficient (Wildman–Crippen LogP) is 1.98. The smallest absolute Gasteiger partial charge is 0.0109 e. The Morgan fingerprint density at radius 1 is 0.700 bits per heavy atom.